The van der Waals surface area contributed by atoms with Crippen molar-refractivity contribution in [3.8, 4) is 0 Å². The van der Waals surface area contributed by atoms with Crippen molar-refractivity contribution in [2.24, 2.45) is 5.92 Å². The van der Waals surface area contributed by atoms with Gasteiger partial charge in [-0.05, 0) is 42.9 Å². The predicted molar refractivity (Wildman–Crippen MR) is 122 cm³/mol. The number of nitrogens with one attached hydrogen (secondary N) is 3. The quantitative estimate of drug-likeness (QED) is 0.248. The molecule has 12 heteroatoms. The highest BCUT2D eigenvalue weighted by molar-refractivity contribution is 5.96. The number of rotatable bonds is 10. The molecule has 0 saturated heterocycles. The number of carbonyl (C=O) groups excluding carboxylic acids is 1. The molecule has 1 aliphatic heterocycles. The van der Waals surface area contributed by atoms with E-state index in [4.69, 9.17) is 10.8 Å². The van der Waals surface area contributed by atoms with E-state index < -0.39 is 23.9 Å². The Labute approximate surface area is 194 Å². The van der Waals surface area contributed by atoms with Crippen LogP contribution in [0.5, 0.6) is 0 Å². The maximum atomic E-state index is 12.4. The minimum absolute atomic E-state index is 0.0450. The Bertz CT molecular complexity index is 1120. The molecular weight excluding hydrogens is 446 g/mol. The van der Waals surface area contributed by atoms with Gasteiger partial charge in [-0.1, -0.05) is 12.1 Å². The first-order valence-corrected chi connectivity index (χ1v) is 10.8. The second-order valence-corrected chi connectivity index (χ2v) is 8.26. The zero-order chi connectivity index (χ0) is 24.8. The number of benzene rings is 1. The van der Waals surface area contributed by atoms with Gasteiger partial charge in [0.2, 0.25) is 5.95 Å². The minimum Gasteiger partial charge on any atom is -0.481 e. The Morgan fingerprint density at radius 2 is 1.91 bits per heavy atom. The lowest BCUT2D eigenvalue weighted by Crippen LogP contribution is -2.41. The third kappa shape index (κ3) is 6.10. The summed E-state index contributed by atoms with van der Waals surface area (Å²) in [5.74, 6) is -2.77. The molecule has 0 aliphatic carbocycles. The molecule has 0 saturated carbocycles. The lowest BCUT2D eigenvalue weighted by atomic mass is 9.84. The van der Waals surface area contributed by atoms with Crippen molar-refractivity contribution in [1.82, 2.24) is 15.3 Å². The van der Waals surface area contributed by atoms with Crippen molar-refractivity contribution in [3.63, 3.8) is 0 Å². The number of carbonyl (C=O) groups is 3. The number of aromatic amines is 1. The minimum atomic E-state index is -1.32. The van der Waals surface area contributed by atoms with E-state index in [2.05, 4.69) is 20.6 Å². The first-order chi connectivity index (χ1) is 16.2. The lowest BCUT2D eigenvalue weighted by molar-refractivity contribution is -0.140. The maximum absolute atomic E-state index is 12.4. The fraction of sp³-hybridized carbons (Fsp3) is 0.409. The molecule has 2 aromatic rings. The first-order valence-electron chi connectivity index (χ1n) is 10.8. The normalized spacial score (nSPS) is 16.6. The molecule has 1 aromatic heterocycles. The van der Waals surface area contributed by atoms with E-state index in [1.54, 1.807) is 12.1 Å². The highest BCUT2D eigenvalue weighted by Gasteiger charge is 2.26. The highest BCUT2D eigenvalue weighted by Crippen LogP contribution is 2.29. The summed E-state index contributed by atoms with van der Waals surface area (Å²) in [6.07, 6.45) is 0.443. The zero-order valence-electron chi connectivity index (χ0n) is 18.3. The molecule has 182 valence electrons. The summed E-state index contributed by atoms with van der Waals surface area (Å²) < 4.78 is 0. The third-order valence-electron chi connectivity index (χ3n) is 5.82. The number of aliphatic hydroxyl groups is 1. The van der Waals surface area contributed by atoms with Gasteiger partial charge in [-0.15, -0.1) is 0 Å². The summed E-state index contributed by atoms with van der Waals surface area (Å²) in [6.45, 7) is 0.425. The Morgan fingerprint density at radius 3 is 2.53 bits per heavy atom. The van der Waals surface area contributed by atoms with Crippen LogP contribution in [-0.2, 0) is 16.0 Å². The standard InChI is InChI=1S/C22H27N5O7/c23-22-26-18-15(20(32)27-22)8-11(9-24-18)7-14(10-28)12-1-3-13(4-2-12)19(31)25-16(21(33)34)5-6-17(29)30/h1-4,11,14,16,28H,5-10H2,(H,25,31)(H,29,30)(H,33,34)(H4,23,24,26,27,32)/t11?,14?,16-/m0/s1. The highest BCUT2D eigenvalue weighted by atomic mass is 16.4. The van der Waals surface area contributed by atoms with Crippen LogP contribution in [0.1, 0.15) is 46.7 Å². The number of aromatic nitrogens is 2. The number of amides is 1. The van der Waals surface area contributed by atoms with Crippen molar-refractivity contribution in [2.45, 2.75) is 37.6 Å². The Balaban J connectivity index is 1.64. The van der Waals surface area contributed by atoms with Gasteiger partial charge in [0.25, 0.3) is 11.5 Å². The van der Waals surface area contributed by atoms with E-state index in [1.165, 1.54) is 12.1 Å². The summed E-state index contributed by atoms with van der Waals surface area (Å²) in [7, 11) is 0. The Kier molecular flexibility index (Phi) is 7.84. The molecule has 12 nitrogen and oxygen atoms in total. The van der Waals surface area contributed by atoms with Gasteiger partial charge in [0.15, 0.2) is 0 Å². The molecule has 0 bridgehead atoms. The molecule has 34 heavy (non-hydrogen) atoms. The van der Waals surface area contributed by atoms with E-state index in [1.807, 2.05) is 0 Å². The van der Waals surface area contributed by atoms with Crippen LogP contribution < -0.4 is 21.9 Å². The Morgan fingerprint density at radius 1 is 1.21 bits per heavy atom. The molecule has 8 N–H and O–H groups in total. The summed E-state index contributed by atoms with van der Waals surface area (Å²) in [5, 5.41) is 33.3. The van der Waals surface area contributed by atoms with Gasteiger partial charge in [0, 0.05) is 31.1 Å². The van der Waals surface area contributed by atoms with Gasteiger partial charge >= 0.3 is 11.9 Å². The molecule has 1 aliphatic rings. The maximum Gasteiger partial charge on any atom is 0.326 e. The van der Waals surface area contributed by atoms with Crippen LogP contribution in [0.15, 0.2) is 29.1 Å². The molecule has 0 fully saturated rings. The SMILES string of the molecule is Nc1nc2c(c(=O)[nH]1)CC(CC(CO)c1ccc(C(=O)N[C@@H](CCC(=O)O)C(=O)O)cc1)CN2. The first kappa shape index (κ1) is 24.7. The van der Waals surface area contributed by atoms with Crippen LogP contribution in [-0.4, -0.2) is 62.3 Å². The molecule has 0 spiro atoms. The summed E-state index contributed by atoms with van der Waals surface area (Å²) in [6, 6.07) is 5.09. The van der Waals surface area contributed by atoms with E-state index in [0.717, 1.165) is 5.56 Å². The van der Waals surface area contributed by atoms with Gasteiger partial charge < -0.3 is 31.7 Å². The fourth-order valence-electron chi connectivity index (χ4n) is 4.01. The number of fused-ring (bicyclic) bond motifs is 1. The summed E-state index contributed by atoms with van der Waals surface area (Å²) >= 11 is 0. The van der Waals surface area contributed by atoms with Crippen molar-refractivity contribution in [3.05, 3.63) is 51.3 Å². The number of aliphatic hydroxyl groups excluding tert-OH is 1. The number of hydrogen-bond acceptors (Lipinski definition) is 8. The molecular formula is C22H27N5O7. The number of aliphatic carboxylic acids is 2. The molecule has 2 unspecified atom stereocenters. The number of hydrogen-bond donors (Lipinski definition) is 7. The van der Waals surface area contributed by atoms with Crippen LogP contribution in [0.3, 0.4) is 0 Å². The molecule has 1 amide bonds. The van der Waals surface area contributed by atoms with Crippen LogP contribution in [0.4, 0.5) is 11.8 Å². The number of nitrogen functional groups attached to an aromatic ring is 1. The average Bonchev–Trinajstić information content (AvgIpc) is 2.80. The lowest BCUT2D eigenvalue weighted by Gasteiger charge is -2.27. The van der Waals surface area contributed by atoms with Crippen LogP contribution >= 0.6 is 0 Å². The van der Waals surface area contributed by atoms with Crippen molar-refractivity contribution < 1.29 is 29.7 Å². The largest absolute Gasteiger partial charge is 0.481 e. The van der Waals surface area contributed by atoms with Gasteiger partial charge in [0.1, 0.15) is 11.9 Å². The van der Waals surface area contributed by atoms with Gasteiger partial charge in [0.05, 0.1) is 5.56 Å². The van der Waals surface area contributed by atoms with Crippen molar-refractivity contribution >= 4 is 29.6 Å². The van der Waals surface area contributed by atoms with Crippen LogP contribution in [0.2, 0.25) is 0 Å². The molecule has 1 aromatic carbocycles. The molecule has 2 heterocycles. The number of carboxylic acid groups (broad SMARTS) is 2. The van der Waals surface area contributed by atoms with E-state index >= 15 is 0 Å². The number of nitrogens with two attached hydrogens (primary N) is 1. The topological polar surface area (TPSA) is 208 Å². The van der Waals surface area contributed by atoms with Crippen molar-refractivity contribution in [2.75, 3.05) is 24.2 Å². The summed E-state index contributed by atoms with van der Waals surface area (Å²) in [5.41, 5.74) is 6.80. The predicted octanol–water partition coefficient (Wildman–Crippen LogP) is 0.150. The van der Waals surface area contributed by atoms with Crippen LogP contribution in [0, 0.1) is 5.92 Å². The van der Waals surface area contributed by atoms with Gasteiger partial charge in [-0.3, -0.25) is 19.4 Å². The third-order valence-corrected chi connectivity index (χ3v) is 5.82. The average molecular weight is 473 g/mol. The zero-order valence-corrected chi connectivity index (χ0v) is 18.3. The second kappa shape index (κ2) is 10.8. The summed E-state index contributed by atoms with van der Waals surface area (Å²) in [4.78, 5) is 53.2. The second-order valence-electron chi connectivity index (χ2n) is 8.26. The smallest absolute Gasteiger partial charge is 0.326 e. The number of anilines is 2. The molecule has 3 rings (SSSR count). The monoisotopic (exact) mass is 473 g/mol. The van der Waals surface area contributed by atoms with Gasteiger partial charge in [-0.25, -0.2) is 4.79 Å². The van der Waals surface area contributed by atoms with E-state index in [9.17, 15) is 29.4 Å². The Hall–Kier alpha value is -3.93. The van der Waals surface area contributed by atoms with Crippen LogP contribution in [0.25, 0.3) is 0 Å². The van der Waals surface area contributed by atoms with E-state index in [0.29, 0.717) is 30.8 Å². The number of carboxylic acids is 2. The molecule has 3 atom stereocenters. The number of nitrogens with zero attached hydrogens (tertiary/aromatic N) is 1. The number of H-pyrrole nitrogens is 1. The fourth-order valence-corrected chi connectivity index (χ4v) is 4.01. The van der Waals surface area contributed by atoms with Crippen molar-refractivity contribution in [1.29, 1.82) is 0 Å². The molecule has 0 radical (unpaired) electrons. The van der Waals surface area contributed by atoms with Gasteiger partial charge in [-0.2, -0.15) is 4.98 Å². The van der Waals surface area contributed by atoms with E-state index in [-0.39, 0.29) is 48.4 Å².